The predicted octanol–water partition coefficient (Wildman–Crippen LogP) is 2.81. The SMILES string of the molecule is Cc1cn2nc([C@@H]3CCCCN3C(=O)c3cc(Cl)ccc3NS(=O)(=O)N(C)C)cc2nc1N1CC[C@H](N)C1. The summed E-state index contributed by atoms with van der Waals surface area (Å²) in [6.07, 6.45) is 5.42. The van der Waals surface area contributed by atoms with Gasteiger partial charge < -0.3 is 15.5 Å². The molecule has 3 N–H and O–H groups in total. The zero-order valence-electron chi connectivity index (χ0n) is 21.8. The van der Waals surface area contributed by atoms with Crippen LogP contribution in [0.5, 0.6) is 0 Å². The van der Waals surface area contributed by atoms with Crippen molar-refractivity contribution in [1.29, 1.82) is 0 Å². The number of likely N-dealkylation sites (tertiary alicyclic amines) is 1. The fourth-order valence-electron chi connectivity index (χ4n) is 5.13. The van der Waals surface area contributed by atoms with Crippen LogP contribution in [0.2, 0.25) is 5.02 Å². The zero-order valence-corrected chi connectivity index (χ0v) is 23.3. The molecule has 204 valence electrons. The standard InChI is InChI=1S/C25H33ClN8O3S/c1-16-14-34-23(28-24(16)32-11-9-18(27)15-32)13-21(29-34)22-6-4-5-10-33(22)25(35)19-12-17(26)7-8-20(19)30-38(36,37)31(2)3/h7-8,12-14,18,22,30H,4-6,9-11,15,27H2,1-3H3/t18-,22-/m0/s1. The molecule has 0 bridgehead atoms. The molecule has 3 aromatic rings. The molecule has 2 atom stereocenters. The van der Waals surface area contributed by atoms with Crippen LogP contribution in [0.15, 0.2) is 30.5 Å². The molecule has 2 aliphatic heterocycles. The number of hydrogen-bond acceptors (Lipinski definition) is 7. The van der Waals surface area contributed by atoms with E-state index >= 15 is 0 Å². The maximum Gasteiger partial charge on any atom is 0.301 e. The van der Waals surface area contributed by atoms with Crippen molar-refractivity contribution in [3.05, 3.63) is 52.3 Å². The topological polar surface area (TPSA) is 129 Å². The van der Waals surface area contributed by atoms with Gasteiger partial charge in [-0.2, -0.15) is 17.8 Å². The number of aromatic nitrogens is 3. The molecule has 2 fully saturated rings. The second-order valence-corrected chi connectivity index (χ2v) is 12.5. The number of rotatable bonds is 6. The van der Waals surface area contributed by atoms with Crippen molar-refractivity contribution in [2.45, 2.75) is 44.7 Å². The number of amides is 1. The van der Waals surface area contributed by atoms with Crippen LogP contribution in [0.3, 0.4) is 0 Å². The number of piperidine rings is 1. The highest BCUT2D eigenvalue weighted by Crippen LogP contribution is 2.34. The van der Waals surface area contributed by atoms with Gasteiger partial charge in [-0.3, -0.25) is 9.52 Å². The van der Waals surface area contributed by atoms with E-state index in [1.54, 1.807) is 15.5 Å². The number of nitrogens with one attached hydrogen (secondary N) is 1. The van der Waals surface area contributed by atoms with Crippen molar-refractivity contribution >= 4 is 44.9 Å². The summed E-state index contributed by atoms with van der Waals surface area (Å²) in [6.45, 7) is 4.18. The molecule has 2 saturated heterocycles. The highest BCUT2D eigenvalue weighted by Gasteiger charge is 2.33. The van der Waals surface area contributed by atoms with Crippen molar-refractivity contribution in [3.8, 4) is 0 Å². The minimum Gasteiger partial charge on any atom is -0.355 e. The van der Waals surface area contributed by atoms with Gasteiger partial charge in [0.05, 0.1) is 23.0 Å². The number of benzene rings is 1. The largest absolute Gasteiger partial charge is 0.355 e. The average molecular weight is 561 g/mol. The van der Waals surface area contributed by atoms with E-state index < -0.39 is 10.2 Å². The number of carbonyl (C=O) groups is 1. The van der Waals surface area contributed by atoms with E-state index in [1.165, 1.54) is 26.2 Å². The zero-order chi connectivity index (χ0) is 27.2. The van der Waals surface area contributed by atoms with Crippen LogP contribution >= 0.6 is 11.6 Å². The van der Waals surface area contributed by atoms with E-state index in [0.717, 1.165) is 60.2 Å². The lowest BCUT2D eigenvalue weighted by atomic mass is 9.98. The maximum absolute atomic E-state index is 13.9. The number of halogens is 1. The van der Waals surface area contributed by atoms with Crippen molar-refractivity contribution < 1.29 is 13.2 Å². The quantitative estimate of drug-likeness (QED) is 0.474. The van der Waals surface area contributed by atoms with E-state index in [9.17, 15) is 13.2 Å². The minimum atomic E-state index is -3.82. The molecule has 0 spiro atoms. The number of carbonyl (C=O) groups excluding carboxylic acids is 1. The Morgan fingerprint density at radius 1 is 1.18 bits per heavy atom. The molecular weight excluding hydrogens is 528 g/mol. The lowest BCUT2D eigenvalue weighted by Crippen LogP contribution is -2.39. The number of nitrogens with zero attached hydrogens (tertiary/aromatic N) is 6. The number of anilines is 2. The van der Waals surface area contributed by atoms with Crippen LogP contribution in [-0.4, -0.2) is 77.9 Å². The summed E-state index contributed by atoms with van der Waals surface area (Å²) in [4.78, 5) is 22.7. The van der Waals surface area contributed by atoms with Crippen molar-refractivity contribution in [3.63, 3.8) is 0 Å². The summed E-state index contributed by atoms with van der Waals surface area (Å²) >= 11 is 6.24. The first-order valence-electron chi connectivity index (χ1n) is 12.7. The molecule has 38 heavy (non-hydrogen) atoms. The van der Waals surface area contributed by atoms with Crippen LogP contribution in [0.1, 0.15) is 53.3 Å². The Balaban J connectivity index is 1.48. The van der Waals surface area contributed by atoms with Gasteiger partial charge in [-0.1, -0.05) is 11.6 Å². The molecule has 4 heterocycles. The minimum absolute atomic E-state index is 0.147. The molecule has 0 radical (unpaired) electrons. The number of aryl methyl sites for hydroxylation is 1. The van der Waals surface area contributed by atoms with Crippen LogP contribution in [0.4, 0.5) is 11.5 Å². The normalized spacial score (nSPS) is 20.5. The summed E-state index contributed by atoms with van der Waals surface area (Å²) in [7, 11) is -0.980. The lowest BCUT2D eigenvalue weighted by molar-refractivity contribution is 0.0607. The number of fused-ring (bicyclic) bond motifs is 1. The Bertz CT molecular complexity index is 1470. The van der Waals surface area contributed by atoms with Gasteiger partial charge in [0.1, 0.15) is 5.82 Å². The second kappa shape index (κ2) is 10.3. The van der Waals surface area contributed by atoms with Gasteiger partial charge in [-0.05, 0) is 50.8 Å². The molecule has 5 rings (SSSR count). The van der Waals surface area contributed by atoms with Crippen molar-refractivity contribution in [2.75, 3.05) is 43.4 Å². The number of hydrogen-bond donors (Lipinski definition) is 2. The summed E-state index contributed by atoms with van der Waals surface area (Å²) in [5.74, 6) is 0.604. The summed E-state index contributed by atoms with van der Waals surface area (Å²) < 4.78 is 30.3. The smallest absolute Gasteiger partial charge is 0.301 e. The monoisotopic (exact) mass is 560 g/mol. The maximum atomic E-state index is 13.9. The Hall–Kier alpha value is -2.93. The average Bonchev–Trinajstić information content (AvgIpc) is 3.49. The Morgan fingerprint density at radius 3 is 2.68 bits per heavy atom. The fourth-order valence-corrected chi connectivity index (χ4v) is 5.94. The first kappa shape index (κ1) is 26.7. The highest BCUT2D eigenvalue weighted by atomic mass is 35.5. The molecule has 0 saturated carbocycles. The fraction of sp³-hybridized carbons (Fsp3) is 0.480. The molecule has 1 aromatic carbocycles. The Morgan fingerprint density at radius 2 is 1.97 bits per heavy atom. The van der Waals surface area contributed by atoms with Crippen molar-refractivity contribution in [2.24, 2.45) is 5.73 Å². The van der Waals surface area contributed by atoms with Crippen LogP contribution in [0.25, 0.3) is 5.65 Å². The van der Waals surface area contributed by atoms with E-state index in [0.29, 0.717) is 17.2 Å². The molecule has 2 aliphatic rings. The summed E-state index contributed by atoms with van der Waals surface area (Å²) in [5.41, 5.74) is 8.95. The van der Waals surface area contributed by atoms with Gasteiger partial charge in [0, 0.05) is 62.6 Å². The second-order valence-electron chi connectivity index (χ2n) is 10.2. The summed E-state index contributed by atoms with van der Waals surface area (Å²) in [6, 6.07) is 6.37. The third-order valence-electron chi connectivity index (χ3n) is 7.18. The molecule has 2 aromatic heterocycles. The summed E-state index contributed by atoms with van der Waals surface area (Å²) in [5, 5.41) is 5.15. The highest BCUT2D eigenvalue weighted by molar-refractivity contribution is 7.90. The van der Waals surface area contributed by atoms with Gasteiger partial charge in [0.2, 0.25) is 0 Å². The Labute approximate surface area is 227 Å². The lowest BCUT2D eigenvalue weighted by Gasteiger charge is -2.35. The molecule has 11 nitrogen and oxygen atoms in total. The van der Waals surface area contributed by atoms with Crippen LogP contribution in [-0.2, 0) is 10.2 Å². The van der Waals surface area contributed by atoms with Crippen LogP contribution in [0, 0.1) is 6.92 Å². The molecule has 0 aliphatic carbocycles. The molecule has 1 amide bonds. The third kappa shape index (κ3) is 5.18. The van der Waals surface area contributed by atoms with E-state index in [-0.39, 0.29) is 29.2 Å². The van der Waals surface area contributed by atoms with Crippen LogP contribution < -0.4 is 15.4 Å². The third-order valence-corrected chi connectivity index (χ3v) is 8.86. The van der Waals surface area contributed by atoms with Gasteiger partial charge in [0.25, 0.3) is 5.91 Å². The molecular formula is C25H33ClN8O3S. The van der Waals surface area contributed by atoms with E-state index in [4.69, 9.17) is 27.4 Å². The van der Waals surface area contributed by atoms with Gasteiger partial charge >= 0.3 is 10.2 Å². The van der Waals surface area contributed by atoms with Crippen molar-refractivity contribution in [1.82, 2.24) is 23.8 Å². The van der Waals surface area contributed by atoms with Gasteiger partial charge in [-0.25, -0.2) is 9.50 Å². The Kier molecular flexibility index (Phi) is 7.25. The molecule has 13 heteroatoms. The molecule has 0 unspecified atom stereocenters. The van der Waals surface area contributed by atoms with E-state index in [1.807, 2.05) is 19.2 Å². The van der Waals surface area contributed by atoms with E-state index in [2.05, 4.69) is 9.62 Å². The number of nitrogens with two attached hydrogens (primary N) is 1. The first-order valence-corrected chi connectivity index (χ1v) is 14.5. The predicted molar refractivity (Wildman–Crippen MR) is 148 cm³/mol. The van der Waals surface area contributed by atoms with Gasteiger partial charge in [-0.15, -0.1) is 0 Å². The first-order chi connectivity index (χ1) is 18.0. The van der Waals surface area contributed by atoms with Gasteiger partial charge in [0.15, 0.2) is 5.65 Å².